The van der Waals surface area contributed by atoms with Gasteiger partial charge in [0, 0.05) is 15.7 Å². The fourth-order valence-corrected chi connectivity index (χ4v) is 1.34. The van der Waals surface area contributed by atoms with E-state index in [0.29, 0.717) is 5.69 Å². The molecule has 1 N–H and O–H groups in total. The average molecular weight is 333 g/mol. The van der Waals surface area contributed by atoms with Gasteiger partial charge in [0.05, 0.1) is 0 Å². The summed E-state index contributed by atoms with van der Waals surface area (Å²) in [6, 6.07) is 7.35. The molecular formula is C11H12INO3. The number of halogens is 1. The van der Waals surface area contributed by atoms with Crippen LogP contribution in [-0.2, 0) is 14.3 Å². The molecule has 0 spiro atoms. The Morgan fingerprint density at radius 3 is 2.50 bits per heavy atom. The highest BCUT2D eigenvalue weighted by Gasteiger charge is 2.05. The predicted octanol–water partition coefficient (Wildman–Crippen LogP) is 2.18. The average Bonchev–Trinajstić information content (AvgIpc) is 2.29. The van der Waals surface area contributed by atoms with Crippen molar-refractivity contribution in [1.29, 1.82) is 0 Å². The van der Waals surface area contributed by atoms with Crippen LogP contribution in [0, 0.1) is 3.57 Å². The molecule has 1 aromatic carbocycles. The minimum atomic E-state index is -0.377. The van der Waals surface area contributed by atoms with Crippen molar-refractivity contribution in [2.24, 2.45) is 0 Å². The van der Waals surface area contributed by atoms with Gasteiger partial charge in [0.15, 0.2) is 6.61 Å². The topological polar surface area (TPSA) is 55.4 Å². The van der Waals surface area contributed by atoms with Gasteiger partial charge in [-0.1, -0.05) is 6.92 Å². The number of rotatable bonds is 4. The number of amides is 1. The SMILES string of the molecule is CCC(=O)OCC(=O)Nc1ccc(I)cc1. The van der Waals surface area contributed by atoms with E-state index in [2.05, 4.69) is 27.9 Å². The molecular weight excluding hydrogens is 321 g/mol. The number of esters is 1. The Morgan fingerprint density at radius 2 is 1.94 bits per heavy atom. The van der Waals surface area contributed by atoms with Gasteiger partial charge in [-0.05, 0) is 46.9 Å². The van der Waals surface area contributed by atoms with Crippen LogP contribution in [-0.4, -0.2) is 18.5 Å². The third-order valence-corrected chi connectivity index (χ3v) is 2.50. The van der Waals surface area contributed by atoms with Crippen LogP contribution in [0.4, 0.5) is 5.69 Å². The van der Waals surface area contributed by atoms with Crippen molar-refractivity contribution in [1.82, 2.24) is 0 Å². The van der Waals surface area contributed by atoms with Crippen molar-refractivity contribution in [2.75, 3.05) is 11.9 Å². The number of carbonyl (C=O) groups is 2. The summed E-state index contributed by atoms with van der Waals surface area (Å²) in [6.45, 7) is 1.44. The summed E-state index contributed by atoms with van der Waals surface area (Å²) >= 11 is 2.18. The molecule has 0 unspecified atom stereocenters. The van der Waals surface area contributed by atoms with Crippen molar-refractivity contribution in [3.8, 4) is 0 Å². The van der Waals surface area contributed by atoms with Crippen molar-refractivity contribution >= 4 is 40.2 Å². The van der Waals surface area contributed by atoms with Gasteiger partial charge in [-0.2, -0.15) is 0 Å². The van der Waals surface area contributed by atoms with Crippen LogP contribution >= 0.6 is 22.6 Å². The molecule has 86 valence electrons. The lowest BCUT2D eigenvalue weighted by molar-refractivity contribution is -0.146. The first-order valence-electron chi connectivity index (χ1n) is 4.83. The van der Waals surface area contributed by atoms with E-state index in [9.17, 15) is 9.59 Å². The minimum absolute atomic E-state index is 0.237. The molecule has 4 nitrogen and oxygen atoms in total. The molecule has 1 amide bonds. The smallest absolute Gasteiger partial charge is 0.306 e. The number of anilines is 1. The second-order valence-corrected chi connectivity index (χ2v) is 4.31. The normalized spacial score (nSPS) is 9.62. The van der Waals surface area contributed by atoms with E-state index in [-0.39, 0.29) is 24.9 Å². The van der Waals surface area contributed by atoms with Gasteiger partial charge in [0.25, 0.3) is 5.91 Å². The first-order chi connectivity index (χ1) is 7.61. The Bertz CT molecular complexity index is 375. The number of ether oxygens (including phenoxy) is 1. The van der Waals surface area contributed by atoms with E-state index in [4.69, 9.17) is 4.74 Å². The largest absolute Gasteiger partial charge is 0.456 e. The van der Waals surface area contributed by atoms with E-state index in [0.717, 1.165) is 3.57 Å². The Hall–Kier alpha value is -1.11. The number of benzene rings is 1. The van der Waals surface area contributed by atoms with E-state index in [1.54, 1.807) is 19.1 Å². The quantitative estimate of drug-likeness (QED) is 0.679. The summed E-state index contributed by atoms with van der Waals surface area (Å²) in [6.07, 6.45) is 0.275. The van der Waals surface area contributed by atoms with Gasteiger partial charge in [-0.25, -0.2) is 0 Å². The van der Waals surface area contributed by atoms with Gasteiger partial charge < -0.3 is 10.1 Å². The van der Waals surface area contributed by atoms with E-state index in [1.165, 1.54) is 0 Å². The lowest BCUT2D eigenvalue weighted by Gasteiger charge is -2.05. The van der Waals surface area contributed by atoms with E-state index >= 15 is 0 Å². The monoisotopic (exact) mass is 333 g/mol. The van der Waals surface area contributed by atoms with Crippen LogP contribution in [0.1, 0.15) is 13.3 Å². The van der Waals surface area contributed by atoms with Crippen LogP contribution in [0.5, 0.6) is 0 Å². The van der Waals surface area contributed by atoms with Crippen molar-refractivity contribution in [3.63, 3.8) is 0 Å². The lowest BCUT2D eigenvalue weighted by atomic mass is 10.3. The summed E-state index contributed by atoms with van der Waals surface area (Å²) in [5, 5.41) is 2.63. The fourth-order valence-electron chi connectivity index (χ4n) is 0.978. The lowest BCUT2D eigenvalue weighted by Crippen LogP contribution is -2.20. The number of nitrogens with one attached hydrogen (secondary N) is 1. The summed E-state index contributed by atoms with van der Waals surface area (Å²) < 4.78 is 5.79. The third-order valence-electron chi connectivity index (χ3n) is 1.78. The summed E-state index contributed by atoms with van der Waals surface area (Å²) in [4.78, 5) is 22.1. The van der Waals surface area contributed by atoms with E-state index < -0.39 is 0 Å². The van der Waals surface area contributed by atoms with Crippen LogP contribution in [0.3, 0.4) is 0 Å². The Kier molecular flexibility index (Phi) is 5.24. The maximum Gasteiger partial charge on any atom is 0.306 e. The molecule has 0 aromatic heterocycles. The van der Waals surface area contributed by atoms with Gasteiger partial charge in [0.1, 0.15) is 0 Å². The van der Waals surface area contributed by atoms with Crippen LogP contribution in [0.15, 0.2) is 24.3 Å². The molecule has 0 fully saturated rings. The molecule has 0 saturated carbocycles. The molecule has 0 radical (unpaired) electrons. The van der Waals surface area contributed by atoms with Gasteiger partial charge in [0.2, 0.25) is 0 Å². The number of hydrogen-bond acceptors (Lipinski definition) is 3. The number of carbonyl (C=O) groups excluding carboxylic acids is 2. The highest BCUT2D eigenvalue weighted by Crippen LogP contribution is 2.10. The van der Waals surface area contributed by atoms with Crippen LogP contribution < -0.4 is 5.32 Å². The molecule has 0 aliphatic heterocycles. The Labute approximate surface area is 108 Å². The molecule has 0 aliphatic rings. The Morgan fingerprint density at radius 1 is 1.31 bits per heavy atom. The molecule has 0 aliphatic carbocycles. The summed E-state index contributed by atoms with van der Waals surface area (Å²) in [5.41, 5.74) is 0.693. The zero-order valence-electron chi connectivity index (χ0n) is 8.83. The van der Waals surface area contributed by atoms with Crippen LogP contribution in [0.25, 0.3) is 0 Å². The molecule has 0 heterocycles. The molecule has 0 atom stereocenters. The Balaban J connectivity index is 2.40. The standard InChI is InChI=1S/C11H12INO3/c1-2-11(15)16-7-10(14)13-9-5-3-8(12)4-6-9/h3-6H,2,7H2,1H3,(H,13,14). The highest BCUT2D eigenvalue weighted by atomic mass is 127. The third kappa shape index (κ3) is 4.61. The van der Waals surface area contributed by atoms with Crippen molar-refractivity contribution < 1.29 is 14.3 Å². The van der Waals surface area contributed by atoms with Gasteiger partial charge in [-0.3, -0.25) is 9.59 Å². The van der Waals surface area contributed by atoms with Crippen LogP contribution in [0.2, 0.25) is 0 Å². The molecule has 16 heavy (non-hydrogen) atoms. The molecule has 1 rings (SSSR count). The van der Waals surface area contributed by atoms with Crippen molar-refractivity contribution in [2.45, 2.75) is 13.3 Å². The van der Waals surface area contributed by atoms with Gasteiger partial charge >= 0.3 is 5.97 Å². The molecule has 5 heteroatoms. The summed E-state index contributed by atoms with van der Waals surface area (Å²) in [5.74, 6) is -0.708. The molecule has 0 bridgehead atoms. The first-order valence-corrected chi connectivity index (χ1v) is 5.90. The first kappa shape index (κ1) is 13.0. The zero-order chi connectivity index (χ0) is 12.0. The summed E-state index contributed by atoms with van der Waals surface area (Å²) in [7, 11) is 0. The fraction of sp³-hybridized carbons (Fsp3) is 0.273. The van der Waals surface area contributed by atoms with E-state index in [1.807, 2.05) is 12.1 Å². The minimum Gasteiger partial charge on any atom is -0.456 e. The second-order valence-electron chi connectivity index (χ2n) is 3.07. The molecule has 0 saturated heterocycles. The van der Waals surface area contributed by atoms with Gasteiger partial charge in [-0.15, -0.1) is 0 Å². The maximum atomic E-state index is 11.3. The predicted molar refractivity (Wildman–Crippen MR) is 69.0 cm³/mol. The maximum absolute atomic E-state index is 11.3. The second kappa shape index (κ2) is 6.47. The molecule has 1 aromatic rings. The zero-order valence-corrected chi connectivity index (χ0v) is 11.0. The number of hydrogen-bond donors (Lipinski definition) is 1. The van der Waals surface area contributed by atoms with Crippen molar-refractivity contribution in [3.05, 3.63) is 27.8 Å². The highest BCUT2D eigenvalue weighted by molar-refractivity contribution is 14.1.